The molecule has 152 valence electrons. The molecule has 4 aromatic rings. The van der Waals surface area contributed by atoms with Gasteiger partial charge in [-0.2, -0.15) is 0 Å². The lowest BCUT2D eigenvalue weighted by molar-refractivity contribution is 0.102. The second kappa shape index (κ2) is 8.32. The molecule has 5 nitrogen and oxygen atoms in total. The highest BCUT2D eigenvalue weighted by molar-refractivity contribution is 7.99. The molecule has 0 N–H and O–H groups in total. The van der Waals surface area contributed by atoms with Crippen LogP contribution in [-0.4, -0.2) is 26.3 Å². The molecule has 0 saturated heterocycles. The van der Waals surface area contributed by atoms with Crippen molar-refractivity contribution in [3.05, 3.63) is 82.7 Å². The molecule has 0 spiro atoms. The van der Waals surface area contributed by atoms with Gasteiger partial charge in [0.05, 0.1) is 5.75 Å². The zero-order chi connectivity index (χ0) is 21.3. The predicted molar refractivity (Wildman–Crippen MR) is 120 cm³/mol. The summed E-state index contributed by atoms with van der Waals surface area (Å²) in [5, 5.41) is 8.64. The number of rotatable bonds is 6. The molecule has 6 heteroatoms. The Hall–Kier alpha value is -3.12. The van der Waals surface area contributed by atoms with E-state index < -0.39 is 0 Å². The Kier molecular flexibility index (Phi) is 5.59. The first-order valence-corrected chi connectivity index (χ1v) is 10.7. The molecule has 0 aliphatic rings. The third-order valence-electron chi connectivity index (χ3n) is 4.95. The van der Waals surface area contributed by atoms with Crippen molar-refractivity contribution in [2.45, 2.75) is 32.9 Å². The molecule has 0 aliphatic carbocycles. The number of nitrogens with zero attached hydrogens (tertiary/aromatic N) is 3. The lowest BCUT2D eigenvalue weighted by atomic mass is 10.1. The molecule has 0 radical (unpaired) electrons. The van der Waals surface area contributed by atoms with Crippen molar-refractivity contribution in [2.24, 2.45) is 0 Å². The highest BCUT2D eigenvalue weighted by atomic mass is 32.2. The maximum Gasteiger partial charge on any atom is 0.277 e. The fraction of sp³-hybridized carbons (Fsp3) is 0.208. The highest BCUT2D eigenvalue weighted by Crippen LogP contribution is 2.27. The van der Waals surface area contributed by atoms with Crippen LogP contribution in [0.3, 0.4) is 0 Å². The molecule has 0 saturated carbocycles. The average Bonchev–Trinajstić information content (AvgIpc) is 3.30. The predicted octanol–water partition coefficient (Wildman–Crippen LogP) is 5.74. The van der Waals surface area contributed by atoms with Crippen LogP contribution >= 0.6 is 11.8 Å². The van der Waals surface area contributed by atoms with Crippen LogP contribution in [0.2, 0.25) is 0 Å². The number of hydrogen-bond acceptors (Lipinski definition) is 5. The van der Waals surface area contributed by atoms with E-state index in [1.54, 1.807) is 0 Å². The Bertz CT molecular complexity index is 1190. The normalized spacial score (nSPS) is 11.1. The molecule has 2 heterocycles. The molecule has 2 aromatic carbocycles. The minimum absolute atomic E-state index is 0.0430. The zero-order valence-electron chi connectivity index (χ0n) is 17.5. The van der Waals surface area contributed by atoms with Crippen LogP contribution in [0.1, 0.15) is 32.9 Å². The van der Waals surface area contributed by atoms with Gasteiger partial charge in [0.1, 0.15) is 0 Å². The first-order chi connectivity index (χ1) is 14.4. The maximum absolute atomic E-state index is 12.9. The van der Waals surface area contributed by atoms with Crippen molar-refractivity contribution in [3.8, 4) is 17.1 Å². The fourth-order valence-electron chi connectivity index (χ4n) is 3.71. The van der Waals surface area contributed by atoms with Gasteiger partial charge in [-0.25, -0.2) is 0 Å². The molecule has 0 atom stereocenters. The molecule has 0 amide bonds. The van der Waals surface area contributed by atoms with Gasteiger partial charge < -0.3 is 8.98 Å². The number of thioether (sulfide) groups is 1. The number of Topliss-reactive ketones (excluding diaryl/α,β-unsaturated/α-hetero) is 1. The molecule has 0 bridgehead atoms. The SMILES string of the molecule is Cc1cc(C)cc(-c2nnc(SCC(=O)c3cc(C)n(-c4ccccc4)c3C)o2)c1. The van der Waals surface area contributed by atoms with Crippen molar-refractivity contribution in [3.63, 3.8) is 0 Å². The topological polar surface area (TPSA) is 60.9 Å². The quantitative estimate of drug-likeness (QED) is 0.296. The lowest BCUT2D eigenvalue weighted by Crippen LogP contribution is -2.05. The molecule has 4 rings (SSSR count). The molecule has 0 unspecified atom stereocenters. The first kappa shape index (κ1) is 20.2. The number of ketones is 1. The van der Waals surface area contributed by atoms with E-state index in [1.807, 2.05) is 76.2 Å². The van der Waals surface area contributed by atoms with Gasteiger partial charge in [0.15, 0.2) is 5.78 Å². The number of carbonyl (C=O) groups is 1. The largest absolute Gasteiger partial charge is 0.411 e. The summed E-state index contributed by atoms with van der Waals surface area (Å²) in [6.07, 6.45) is 0. The fourth-order valence-corrected chi connectivity index (χ4v) is 4.35. The first-order valence-electron chi connectivity index (χ1n) is 9.75. The summed E-state index contributed by atoms with van der Waals surface area (Å²) < 4.78 is 7.88. The minimum atomic E-state index is 0.0430. The van der Waals surface area contributed by atoms with Crippen molar-refractivity contribution < 1.29 is 9.21 Å². The number of carbonyl (C=O) groups excluding carboxylic acids is 1. The van der Waals surface area contributed by atoms with Gasteiger partial charge >= 0.3 is 0 Å². The molecule has 0 aliphatic heterocycles. The summed E-state index contributed by atoms with van der Waals surface area (Å²) in [5.41, 5.74) is 6.91. The van der Waals surface area contributed by atoms with Gasteiger partial charge in [-0.05, 0) is 58.0 Å². The van der Waals surface area contributed by atoms with Crippen LogP contribution in [0.4, 0.5) is 0 Å². The molecular weight excluding hydrogens is 394 g/mol. The van der Waals surface area contributed by atoms with Gasteiger partial charge in [0.2, 0.25) is 5.89 Å². The molecule has 30 heavy (non-hydrogen) atoms. The Labute approximate surface area is 180 Å². The Balaban J connectivity index is 1.49. The van der Waals surface area contributed by atoms with Crippen LogP contribution in [-0.2, 0) is 0 Å². The number of aryl methyl sites for hydroxylation is 3. The number of hydrogen-bond donors (Lipinski definition) is 0. The standard InChI is InChI=1S/C24H23N3O2S/c1-15-10-16(2)12-19(11-15)23-25-26-24(29-23)30-14-22(28)21-13-17(3)27(18(21)4)20-8-6-5-7-9-20/h5-13H,14H2,1-4H3. The smallest absolute Gasteiger partial charge is 0.277 e. The van der Waals surface area contributed by atoms with E-state index in [0.717, 1.165) is 39.3 Å². The van der Waals surface area contributed by atoms with E-state index in [1.165, 1.54) is 11.8 Å². The van der Waals surface area contributed by atoms with Crippen LogP contribution in [0, 0.1) is 27.7 Å². The van der Waals surface area contributed by atoms with Gasteiger partial charge in [-0.1, -0.05) is 47.2 Å². The van der Waals surface area contributed by atoms with Crippen molar-refractivity contribution in [1.29, 1.82) is 0 Å². The van der Waals surface area contributed by atoms with E-state index in [2.05, 4.69) is 20.8 Å². The van der Waals surface area contributed by atoms with Crippen LogP contribution < -0.4 is 0 Å². The highest BCUT2D eigenvalue weighted by Gasteiger charge is 2.18. The number of para-hydroxylation sites is 1. The third-order valence-corrected chi connectivity index (χ3v) is 5.77. The average molecular weight is 418 g/mol. The van der Waals surface area contributed by atoms with Crippen LogP contribution in [0.15, 0.2) is 64.2 Å². The zero-order valence-corrected chi connectivity index (χ0v) is 18.3. The van der Waals surface area contributed by atoms with Crippen LogP contribution in [0.5, 0.6) is 0 Å². The monoisotopic (exact) mass is 417 g/mol. The Morgan fingerprint density at radius 2 is 1.67 bits per heavy atom. The Morgan fingerprint density at radius 3 is 2.37 bits per heavy atom. The van der Waals surface area contributed by atoms with Gasteiger partial charge in [0, 0.05) is 28.2 Å². The Morgan fingerprint density at radius 1 is 0.967 bits per heavy atom. The summed E-state index contributed by atoms with van der Waals surface area (Å²) >= 11 is 1.27. The van der Waals surface area contributed by atoms with Crippen molar-refractivity contribution >= 4 is 17.5 Å². The third kappa shape index (κ3) is 4.09. The van der Waals surface area contributed by atoms with Crippen molar-refractivity contribution in [2.75, 3.05) is 5.75 Å². The number of aromatic nitrogens is 3. The second-order valence-corrected chi connectivity index (χ2v) is 8.34. The van der Waals surface area contributed by atoms with E-state index >= 15 is 0 Å². The lowest BCUT2D eigenvalue weighted by Gasteiger charge is -2.09. The summed E-state index contributed by atoms with van der Waals surface area (Å²) in [6.45, 7) is 8.06. The van der Waals surface area contributed by atoms with E-state index in [0.29, 0.717) is 11.1 Å². The molecule has 0 fully saturated rings. The summed E-state index contributed by atoms with van der Waals surface area (Å²) in [5.74, 6) is 0.758. The van der Waals surface area contributed by atoms with E-state index in [-0.39, 0.29) is 11.5 Å². The summed E-state index contributed by atoms with van der Waals surface area (Å²) in [7, 11) is 0. The molecular formula is C24H23N3O2S. The maximum atomic E-state index is 12.9. The van der Waals surface area contributed by atoms with Crippen molar-refractivity contribution in [1.82, 2.24) is 14.8 Å². The van der Waals surface area contributed by atoms with Gasteiger partial charge in [0.25, 0.3) is 5.22 Å². The number of benzene rings is 2. The summed E-state index contributed by atoms with van der Waals surface area (Å²) in [4.78, 5) is 12.9. The van der Waals surface area contributed by atoms with E-state index in [4.69, 9.17) is 4.42 Å². The van der Waals surface area contributed by atoms with Gasteiger partial charge in [-0.3, -0.25) is 4.79 Å². The van der Waals surface area contributed by atoms with Crippen LogP contribution in [0.25, 0.3) is 17.1 Å². The summed E-state index contributed by atoms with van der Waals surface area (Å²) in [6, 6.07) is 18.1. The van der Waals surface area contributed by atoms with E-state index in [9.17, 15) is 4.79 Å². The second-order valence-electron chi connectivity index (χ2n) is 7.42. The minimum Gasteiger partial charge on any atom is -0.411 e. The molecule has 2 aromatic heterocycles. The van der Waals surface area contributed by atoms with Gasteiger partial charge in [-0.15, -0.1) is 10.2 Å².